The monoisotopic (exact) mass is 792 g/mol. The summed E-state index contributed by atoms with van der Waals surface area (Å²) >= 11 is 0. The topological polar surface area (TPSA) is 148 Å². The lowest BCUT2D eigenvalue weighted by atomic mass is 9.98. The lowest BCUT2D eigenvalue weighted by molar-refractivity contribution is 0.103. The van der Waals surface area contributed by atoms with E-state index >= 15 is 0 Å². The second-order valence-corrected chi connectivity index (χ2v) is 14.1. The molecule has 304 valence electrons. The molecule has 6 rings (SSSR count). The third-order valence-corrected chi connectivity index (χ3v) is 9.16. The Morgan fingerprint density at radius 2 is 0.862 bits per heavy atom. The average molecular weight is 793 g/mol. The van der Waals surface area contributed by atoms with Gasteiger partial charge in [0.1, 0.15) is 34.2 Å². The van der Waals surface area contributed by atoms with E-state index in [1.54, 1.807) is 72.8 Å². The Morgan fingerprint density at radius 1 is 0.534 bits per heavy atom. The van der Waals surface area contributed by atoms with E-state index in [1.807, 2.05) is 39.8 Å². The van der Waals surface area contributed by atoms with Gasteiger partial charge in [-0.05, 0) is 124 Å². The second-order valence-electron chi connectivity index (χ2n) is 14.1. The van der Waals surface area contributed by atoms with E-state index in [4.69, 9.17) is 37.9 Å². The normalized spacial score (nSPS) is 14.2. The van der Waals surface area contributed by atoms with Gasteiger partial charge in [-0.25, -0.2) is 0 Å². The summed E-state index contributed by atoms with van der Waals surface area (Å²) in [5, 5.41) is 21.1. The standard InChI is InChI=1S/2C23H24O6/c2*1-23(2)11-10-16-18(29-23)9-7-15(21(16)25)17(24)8-6-14-12-19(26-3)22(28-5)20(13-14)27-4/h2*6-13,25H,1-5H3/b2*8-6+. The van der Waals surface area contributed by atoms with Crippen molar-refractivity contribution in [2.24, 2.45) is 0 Å². The first-order valence-corrected chi connectivity index (χ1v) is 18.1. The minimum atomic E-state index is -0.461. The summed E-state index contributed by atoms with van der Waals surface area (Å²) in [5.74, 6) is 3.10. The molecular weight excluding hydrogens is 744 g/mol. The van der Waals surface area contributed by atoms with Gasteiger partial charge in [-0.15, -0.1) is 0 Å². The van der Waals surface area contributed by atoms with E-state index < -0.39 is 11.2 Å². The summed E-state index contributed by atoms with van der Waals surface area (Å²) in [7, 11) is 9.15. The van der Waals surface area contributed by atoms with Crippen LogP contribution in [0.2, 0.25) is 0 Å². The molecule has 4 aromatic carbocycles. The van der Waals surface area contributed by atoms with Gasteiger partial charge < -0.3 is 48.1 Å². The number of allylic oxidation sites excluding steroid dienone is 2. The van der Waals surface area contributed by atoms with Gasteiger partial charge >= 0.3 is 0 Å². The lowest BCUT2D eigenvalue weighted by Gasteiger charge is -2.28. The fourth-order valence-electron chi connectivity index (χ4n) is 6.20. The van der Waals surface area contributed by atoms with Crippen LogP contribution in [-0.2, 0) is 0 Å². The summed E-state index contributed by atoms with van der Waals surface area (Å²) in [6.45, 7) is 7.68. The Hall–Kier alpha value is -6.82. The Balaban J connectivity index is 0.000000221. The van der Waals surface area contributed by atoms with Gasteiger partial charge in [0.15, 0.2) is 34.6 Å². The zero-order valence-corrected chi connectivity index (χ0v) is 34.2. The fourth-order valence-corrected chi connectivity index (χ4v) is 6.20. The number of phenolic OH excluding ortho intramolecular Hbond substituents is 2. The molecule has 2 N–H and O–H groups in total. The molecule has 0 spiro atoms. The molecule has 0 unspecified atom stereocenters. The minimum absolute atomic E-state index is 0.103. The van der Waals surface area contributed by atoms with Crippen molar-refractivity contribution in [2.45, 2.75) is 38.9 Å². The zero-order chi connectivity index (χ0) is 42.4. The molecule has 0 radical (unpaired) electrons. The van der Waals surface area contributed by atoms with Gasteiger partial charge in [0.05, 0.1) is 64.9 Å². The van der Waals surface area contributed by atoms with Gasteiger partial charge in [0.2, 0.25) is 11.5 Å². The van der Waals surface area contributed by atoms with Crippen molar-refractivity contribution in [3.63, 3.8) is 0 Å². The van der Waals surface area contributed by atoms with E-state index in [2.05, 4.69) is 0 Å². The highest BCUT2D eigenvalue weighted by Crippen LogP contribution is 2.42. The number of aromatic hydroxyl groups is 2. The largest absolute Gasteiger partial charge is 0.506 e. The van der Waals surface area contributed by atoms with E-state index in [9.17, 15) is 19.8 Å². The maximum absolute atomic E-state index is 12.7. The molecule has 0 bridgehead atoms. The first-order valence-electron chi connectivity index (χ1n) is 18.1. The number of carbonyl (C=O) groups excluding carboxylic acids is 2. The molecule has 12 nitrogen and oxygen atoms in total. The number of hydrogen-bond donors (Lipinski definition) is 2. The molecule has 2 aliphatic rings. The van der Waals surface area contributed by atoms with Gasteiger partial charge in [0.25, 0.3) is 0 Å². The van der Waals surface area contributed by atoms with Crippen LogP contribution < -0.4 is 37.9 Å². The number of methoxy groups -OCH3 is 6. The first kappa shape index (κ1) is 42.3. The van der Waals surface area contributed by atoms with E-state index in [-0.39, 0.29) is 34.2 Å². The molecule has 0 saturated heterocycles. The minimum Gasteiger partial charge on any atom is -0.506 e. The lowest BCUT2D eigenvalue weighted by Crippen LogP contribution is -2.27. The number of ether oxygens (including phenoxy) is 8. The Kier molecular flexibility index (Phi) is 12.8. The van der Waals surface area contributed by atoms with Crippen LogP contribution in [0.15, 0.2) is 72.8 Å². The third-order valence-electron chi connectivity index (χ3n) is 9.16. The molecule has 2 heterocycles. The average Bonchev–Trinajstić information content (AvgIpc) is 3.20. The summed E-state index contributed by atoms with van der Waals surface area (Å²) in [6.07, 6.45) is 13.3. The maximum atomic E-state index is 12.7. The van der Waals surface area contributed by atoms with Crippen LogP contribution in [-0.4, -0.2) is 75.6 Å². The van der Waals surface area contributed by atoms with Crippen LogP contribution in [0, 0.1) is 0 Å². The summed E-state index contributed by atoms with van der Waals surface area (Å²) < 4.78 is 43.5. The molecule has 0 fully saturated rings. The van der Waals surface area contributed by atoms with Crippen molar-refractivity contribution < 1.29 is 57.7 Å². The Labute approximate surface area is 338 Å². The van der Waals surface area contributed by atoms with Crippen molar-refractivity contribution in [1.29, 1.82) is 0 Å². The number of hydrogen-bond acceptors (Lipinski definition) is 12. The predicted octanol–water partition coefficient (Wildman–Crippen LogP) is 9.00. The Morgan fingerprint density at radius 3 is 1.16 bits per heavy atom. The summed E-state index contributed by atoms with van der Waals surface area (Å²) in [4.78, 5) is 25.4. The number of fused-ring (bicyclic) bond motifs is 2. The van der Waals surface area contributed by atoms with Gasteiger partial charge in [-0.1, -0.05) is 12.2 Å². The predicted molar refractivity (Wildman–Crippen MR) is 223 cm³/mol. The van der Waals surface area contributed by atoms with Crippen LogP contribution in [0.25, 0.3) is 24.3 Å². The van der Waals surface area contributed by atoms with Crippen molar-refractivity contribution in [1.82, 2.24) is 0 Å². The number of ketones is 2. The van der Waals surface area contributed by atoms with Crippen LogP contribution in [0.4, 0.5) is 0 Å². The highest BCUT2D eigenvalue weighted by molar-refractivity contribution is 6.10. The molecule has 0 saturated carbocycles. The highest BCUT2D eigenvalue weighted by Gasteiger charge is 2.27. The maximum Gasteiger partial charge on any atom is 0.203 e. The number of phenols is 2. The summed E-state index contributed by atoms with van der Waals surface area (Å²) in [5.41, 5.74) is 1.84. The van der Waals surface area contributed by atoms with Crippen molar-refractivity contribution >= 4 is 35.9 Å². The smallest absolute Gasteiger partial charge is 0.203 e. The molecule has 2 aliphatic heterocycles. The molecular formula is C46H48O12. The first-order chi connectivity index (χ1) is 27.6. The van der Waals surface area contributed by atoms with Gasteiger partial charge in [-0.2, -0.15) is 0 Å². The second kappa shape index (κ2) is 17.5. The van der Waals surface area contributed by atoms with Crippen molar-refractivity contribution in [2.75, 3.05) is 42.7 Å². The quantitative estimate of drug-likeness (QED) is 0.104. The fraction of sp³-hybridized carbons (Fsp3) is 0.261. The van der Waals surface area contributed by atoms with E-state index in [0.29, 0.717) is 68.2 Å². The molecule has 12 heteroatoms. The van der Waals surface area contributed by atoms with Crippen molar-refractivity contribution in [3.05, 3.63) is 106 Å². The molecule has 0 atom stereocenters. The molecule has 4 aromatic rings. The highest BCUT2D eigenvalue weighted by atomic mass is 16.5. The van der Waals surface area contributed by atoms with E-state index in [0.717, 1.165) is 0 Å². The molecule has 0 aromatic heterocycles. The number of benzene rings is 4. The van der Waals surface area contributed by atoms with Gasteiger partial charge in [0, 0.05) is 0 Å². The van der Waals surface area contributed by atoms with Gasteiger partial charge in [-0.3, -0.25) is 9.59 Å². The Bertz CT molecular complexity index is 2110. The third kappa shape index (κ3) is 9.24. The van der Waals surface area contributed by atoms with Crippen LogP contribution in [0.5, 0.6) is 57.5 Å². The van der Waals surface area contributed by atoms with Crippen LogP contribution in [0.1, 0.15) is 70.7 Å². The number of carbonyl (C=O) groups is 2. The van der Waals surface area contributed by atoms with Crippen molar-refractivity contribution in [3.8, 4) is 57.5 Å². The SMILES string of the molecule is COc1cc(/C=C/C(=O)c2ccc3c(c2O)C=CC(C)(C)O3)cc(OC)c1OC.COc1cc(/C=C/C(=O)c2ccc3c(c2O)C=CC(C)(C)O3)cc(OC)c1OC. The van der Waals surface area contributed by atoms with Crippen LogP contribution in [0.3, 0.4) is 0 Å². The number of rotatable bonds is 12. The van der Waals surface area contributed by atoms with Crippen LogP contribution >= 0.6 is 0 Å². The zero-order valence-electron chi connectivity index (χ0n) is 34.2. The molecule has 0 aliphatic carbocycles. The summed E-state index contributed by atoms with van der Waals surface area (Å²) in [6, 6.07) is 13.4. The van der Waals surface area contributed by atoms with E-state index in [1.165, 1.54) is 54.8 Å². The molecule has 0 amide bonds. The molecule has 58 heavy (non-hydrogen) atoms.